The molecule has 1 aromatic rings. The number of ether oxygens (including phenoxy) is 1. The number of nitrogens with two attached hydrogens (primary N) is 1. The van der Waals surface area contributed by atoms with Crippen molar-refractivity contribution in [3.8, 4) is 0 Å². The molecule has 0 amide bonds. The molecule has 0 aliphatic carbocycles. The Morgan fingerprint density at radius 2 is 1.79 bits per heavy atom. The lowest BCUT2D eigenvalue weighted by Gasteiger charge is -2.33. The fourth-order valence-corrected chi connectivity index (χ4v) is 1.82. The number of carbonyl (C=O) groups is 1. The molecule has 106 valence electrons. The third kappa shape index (κ3) is 4.06. The van der Waals surface area contributed by atoms with E-state index < -0.39 is 11.0 Å². The Morgan fingerprint density at radius 3 is 2.26 bits per heavy atom. The SMILES string of the molecule is Cc1cccc(C(N)C(C)(C)C(=O)OC(C)(C)C)c1. The standard InChI is InChI=1S/C16H25NO2/c1-11-8-7-9-12(10-11)13(17)16(5,6)14(18)19-15(2,3)4/h7-10,13H,17H2,1-6H3. The summed E-state index contributed by atoms with van der Waals surface area (Å²) in [6.45, 7) is 11.2. The number of esters is 1. The summed E-state index contributed by atoms with van der Waals surface area (Å²) < 4.78 is 5.46. The lowest BCUT2D eigenvalue weighted by Crippen LogP contribution is -2.41. The zero-order chi connectivity index (χ0) is 14.8. The van der Waals surface area contributed by atoms with Gasteiger partial charge in [-0.1, -0.05) is 29.8 Å². The molecule has 0 radical (unpaired) electrons. The largest absolute Gasteiger partial charge is 0.460 e. The van der Waals surface area contributed by atoms with Gasteiger partial charge < -0.3 is 10.5 Å². The van der Waals surface area contributed by atoms with Gasteiger partial charge >= 0.3 is 5.97 Å². The van der Waals surface area contributed by atoms with E-state index in [1.54, 1.807) is 0 Å². The minimum absolute atomic E-state index is 0.269. The van der Waals surface area contributed by atoms with E-state index in [1.165, 1.54) is 0 Å². The van der Waals surface area contributed by atoms with Gasteiger partial charge in [0.25, 0.3) is 0 Å². The van der Waals surface area contributed by atoms with Gasteiger partial charge in [-0.25, -0.2) is 0 Å². The number of hydrogen-bond donors (Lipinski definition) is 1. The first-order valence-electron chi connectivity index (χ1n) is 6.59. The molecular weight excluding hydrogens is 238 g/mol. The predicted molar refractivity (Wildman–Crippen MR) is 77.7 cm³/mol. The van der Waals surface area contributed by atoms with Crippen molar-refractivity contribution in [1.82, 2.24) is 0 Å². The molecule has 3 heteroatoms. The third-order valence-corrected chi connectivity index (χ3v) is 3.10. The van der Waals surface area contributed by atoms with Crippen LogP contribution in [-0.2, 0) is 9.53 Å². The fourth-order valence-electron chi connectivity index (χ4n) is 1.82. The second kappa shape index (κ2) is 5.33. The summed E-state index contributed by atoms with van der Waals surface area (Å²) in [7, 11) is 0. The minimum Gasteiger partial charge on any atom is -0.460 e. The quantitative estimate of drug-likeness (QED) is 0.851. The van der Waals surface area contributed by atoms with Crippen LogP contribution in [0.4, 0.5) is 0 Å². The van der Waals surface area contributed by atoms with Crippen LogP contribution in [0.25, 0.3) is 0 Å². The smallest absolute Gasteiger partial charge is 0.313 e. The number of rotatable bonds is 3. The Kier molecular flexibility index (Phi) is 4.41. The molecular formula is C16H25NO2. The molecule has 1 atom stereocenters. The van der Waals surface area contributed by atoms with E-state index in [-0.39, 0.29) is 12.0 Å². The number of benzene rings is 1. The molecule has 1 unspecified atom stereocenters. The van der Waals surface area contributed by atoms with Gasteiger partial charge in [0.1, 0.15) is 5.60 Å². The first-order valence-corrected chi connectivity index (χ1v) is 6.59. The van der Waals surface area contributed by atoms with Crippen LogP contribution in [0.15, 0.2) is 24.3 Å². The summed E-state index contributed by atoms with van der Waals surface area (Å²) in [4.78, 5) is 12.3. The van der Waals surface area contributed by atoms with Crippen molar-refractivity contribution in [1.29, 1.82) is 0 Å². The van der Waals surface area contributed by atoms with E-state index >= 15 is 0 Å². The second-order valence-corrected chi connectivity index (χ2v) is 6.62. The van der Waals surface area contributed by atoms with E-state index in [0.29, 0.717) is 0 Å². The number of aryl methyl sites for hydroxylation is 1. The van der Waals surface area contributed by atoms with Gasteiger partial charge in [0, 0.05) is 6.04 Å². The van der Waals surface area contributed by atoms with Gasteiger partial charge in [-0.3, -0.25) is 4.79 Å². The summed E-state index contributed by atoms with van der Waals surface area (Å²) in [6, 6.07) is 7.54. The molecule has 0 saturated carbocycles. The lowest BCUT2D eigenvalue weighted by atomic mass is 9.80. The maximum atomic E-state index is 12.3. The molecule has 0 aromatic heterocycles. The van der Waals surface area contributed by atoms with Crippen molar-refractivity contribution >= 4 is 5.97 Å². The average Bonchev–Trinajstić information content (AvgIpc) is 2.25. The molecule has 1 aromatic carbocycles. The summed E-state index contributed by atoms with van der Waals surface area (Å²) in [5.74, 6) is -0.269. The van der Waals surface area contributed by atoms with Crippen LogP contribution in [-0.4, -0.2) is 11.6 Å². The molecule has 19 heavy (non-hydrogen) atoms. The van der Waals surface area contributed by atoms with Crippen molar-refractivity contribution in [2.24, 2.45) is 11.1 Å². The average molecular weight is 263 g/mol. The highest BCUT2D eigenvalue weighted by Gasteiger charge is 2.38. The summed E-state index contributed by atoms with van der Waals surface area (Å²) >= 11 is 0. The predicted octanol–water partition coefficient (Wildman–Crippen LogP) is 3.36. The van der Waals surface area contributed by atoms with E-state index in [1.807, 2.05) is 65.8 Å². The normalized spacial score (nSPS) is 14.1. The van der Waals surface area contributed by atoms with E-state index in [0.717, 1.165) is 11.1 Å². The van der Waals surface area contributed by atoms with E-state index in [2.05, 4.69) is 0 Å². The maximum absolute atomic E-state index is 12.3. The van der Waals surface area contributed by atoms with Gasteiger partial charge in [0.2, 0.25) is 0 Å². The first kappa shape index (κ1) is 15.7. The van der Waals surface area contributed by atoms with Gasteiger partial charge in [-0.15, -0.1) is 0 Å². The van der Waals surface area contributed by atoms with Crippen LogP contribution in [0.5, 0.6) is 0 Å². The minimum atomic E-state index is -0.763. The zero-order valence-electron chi connectivity index (χ0n) is 12.8. The van der Waals surface area contributed by atoms with Crippen LogP contribution in [0.3, 0.4) is 0 Å². The van der Waals surface area contributed by atoms with E-state index in [9.17, 15) is 4.79 Å². The lowest BCUT2D eigenvalue weighted by molar-refractivity contribution is -0.167. The van der Waals surface area contributed by atoms with Crippen molar-refractivity contribution < 1.29 is 9.53 Å². The Bertz CT molecular complexity index is 458. The first-order chi connectivity index (χ1) is 8.54. The molecule has 0 heterocycles. The van der Waals surface area contributed by atoms with Crippen molar-refractivity contribution in [3.05, 3.63) is 35.4 Å². The third-order valence-electron chi connectivity index (χ3n) is 3.10. The Hall–Kier alpha value is -1.35. The van der Waals surface area contributed by atoms with Gasteiger partial charge in [-0.2, -0.15) is 0 Å². The van der Waals surface area contributed by atoms with Gasteiger partial charge in [0.05, 0.1) is 5.41 Å². The molecule has 0 bridgehead atoms. The highest BCUT2D eigenvalue weighted by Crippen LogP contribution is 2.34. The summed E-state index contributed by atoms with van der Waals surface area (Å²) in [5.41, 5.74) is 7.09. The molecule has 0 aliphatic rings. The highest BCUT2D eigenvalue weighted by atomic mass is 16.6. The molecule has 0 spiro atoms. The zero-order valence-corrected chi connectivity index (χ0v) is 12.8. The molecule has 3 nitrogen and oxygen atoms in total. The van der Waals surface area contributed by atoms with Gasteiger partial charge in [0.15, 0.2) is 0 Å². The topological polar surface area (TPSA) is 52.3 Å². The summed E-state index contributed by atoms with van der Waals surface area (Å²) in [6.07, 6.45) is 0. The highest BCUT2D eigenvalue weighted by molar-refractivity contribution is 5.77. The Labute approximate surface area is 116 Å². The molecule has 0 fully saturated rings. The molecule has 2 N–H and O–H groups in total. The molecule has 1 rings (SSSR count). The van der Waals surface area contributed by atoms with Crippen molar-refractivity contribution in [2.75, 3.05) is 0 Å². The number of hydrogen-bond acceptors (Lipinski definition) is 3. The van der Waals surface area contributed by atoms with Crippen LogP contribution in [0.2, 0.25) is 0 Å². The van der Waals surface area contributed by atoms with Crippen LogP contribution < -0.4 is 5.73 Å². The Morgan fingerprint density at radius 1 is 1.21 bits per heavy atom. The Balaban J connectivity index is 2.96. The van der Waals surface area contributed by atoms with Crippen molar-refractivity contribution in [3.63, 3.8) is 0 Å². The molecule has 0 saturated heterocycles. The van der Waals surface area contributed by atoms with E-state index in [4.69, 9.17) is 10.5 Å². The summed E-state index contributed by atoms with van der Waals surface area (Å²) in [5, 5.41) is 0. The van der Waals surface area contributed by atoms with Crippen LogP contribution in [0, 0.1) is 12.3 Å². The number of carbonyl (C=O) groups excluding carboxylic acids is 1. The second-order valence-electron chi connectivity index (χ2n) is 6.62. The monoisotopic (exact) mass is 263 g/mol. The van der Waals surface area contributed by atoms with Crippen molar-refractivity contribution in [2.45, 2.75) is 53.2 Å². The fraction of sp³-hybridized carbons (Fsp3) is 0.562. The maximum Gasteiger partial charge on any atom is 0.313 e. The van der Waals surface area contributed by atoms with Gasteiger partial charge in [-0.05, 0) is 47.1 Å². The molecule has 0 aliphatic heterocycles. The van der Waals surface area contributed by atoms with Crippen LogP contribution in [0.1, 0.15) is 51.8 Å². The van der Waals surface area contributed by atoms with Crippen LogP contribution >= 0.6 is 0 Å².